The molecule has 0 atom stereocenters. The van der Waals surface area contributed by atoms with Gasteiger partial charge in [0, 0.05) is 12.2 Å². The lowest BCUT2D eigenvalue weighted by molar-refractivity contribution is -0.119. The lowest BCUT2D eigenvalue weighted by atomic mass is 10.3. The molecule has 0 aromatic heterocycles. The van der Waals surface area contributed by atoms with E-state index in [2.05, 4.69) is 16.0 Å². The number of hydrogen-bond donors (Lipinski definition) is 3. The first-order chi connectivity index (χ1) is 9.51. The smallest absolute Gasteiger partial charge is 0.319 e. The van der Waals surface area contributed by atoms with Crippen LogP contribution in [0.25, 0.3) is 0 Å². The van der Waals surface area contributed by atoms with E-state index in [-0.39, 0.29) is 18.6 Å². The van der Waals surface area contributed by atoms with Crippen LogP contribution in [0.2, 0.25) is 0 Å². The minimum atomic E-state index is -0.422. The molecular formula is C14H21N3O3. The molecule has 0 unspecified atom stereocenters. The SMILES string of the molecule is CCNC(=O)CNC(=O)Nc1ccc(OC(C)C)cc1. The van der Waals surface area contributed by atoms with Gasteiger partial charge in [-0.15, -0.1) is 0 Å². The maximum atomic E-state index is 11.6. The minimum absolute atomic E-state index is 0.0474. The molecule has 20 heavy (non-hydrogen) atoms. The molecule has 0 aliphatic carbocycles. The maximum absolute atomic E-state index is 11.6. The molecule has 0 fully saturated rings. The highest BCUT2D eigenvalue weighted by Gasteiger charge is 2.05. The third-order valence-electron chi connectivity index (χ3n) is 2.27. The highest BCUT2D eigenvalue weighted by atomic mass is 16.5. The molecule has 6 nitrogen and oxygen atoms in total. The van der Waals surface area contributed by atoms with Crippen LogP contribution in [0.4, 0.5) is 10.5 Å². The normalized spacial score (nSPS) is 10.0. The van der Waals surface area contributed by atoms with E-state index in [1.54, 1.807) is 24.3 Å². The zero-order chi connectivity index (χ0) is 15.0. The van der Waals surface area contributed by atoms with Crippen molar-refractivity contribution in [3.8, 4) is 5.75 Å². The van der Waals surface area contributed by atoms with Crippen molar-refractivity contribution in [3.05, 3.63) is 24.3 Å². The Labute approximate surface area is 118 Å². The van der Waals surface area contributed by atoms with Gasteiger partial charge in [-0.05, 0) is 45.0 Å². The summed E-state index contributed by atoms with van der Waals surface area (Å²) in [7, 11) is 0. The average Bonchev–Trinajstić information content (AvgIpc) is 2.38. The summed E-state index contributed by atoms with van der Waals surface area (Å²) in [5.74, 6) is 0.525. The third-order valence-corrected chi connectivity index (χ3v) is 2.27. The molecule has 0 saturated heterocycles. The number of hydrogen-bond acceptors (Lipinski definition) is 3. The van der Waals surface area contributed by atoms with Crippen molar-refractivity contribution in [3.63, 3.8) is 0 Å². The van der Waals surface area contributed by atoms with Crippen molar-refractivity contribution in [2.45, 2.75) is 26.9 Å². The van der Waals surface area contributed by atoms with Crippen molar-refractivity contribution in [1.82, 2.24) is 10.6 Å². The Bertz CT molecular complexity index is 443. The second-order valence-electron chi connectivity index (χ2n) is 4.45. The topological polar surface area (TPSA) is 79.5 Å². The molecular weight excluding hydrogens is 258 g/mol. The van der Waals surface area contributed by atoms with E-state index in [9.17, 15) is 9.59 Å². The number of benzene rings is 1. The molecule has 3 N–H and O–H groups in total. The number of amides is 3. The summed E-state index contributed by atoms with van der Waals surface area (Å²) in [6, 6.07) is 6.61. The molecule has 1 rings (SSSR count). The molecule has 0 aliphatic heterocycles. The van der Waals surface area contributed by atoms with Crippen LogP contribution in [0.1, 0.15) is 20.8 Å². The van der Waals surface area contributed by atoms with E-state index in [0.29, 0.717) is 12.2 Å². The molecule has 0 bridgehead atoms. The van der Waals surface area contributed by atoms with Crippen molar-refractivity contribution in [1.29, 1.82) is 0 Å². The number of anilines is 1. The van der Waals surface area contributed by atoms with Crippen LogP contribution in [0.5, 0.6) is 5.75 Å². The fourth-order valence-electron chi connectivity index (χ4n) is 1.48. The summed E-state index contributed by atoms with van der Waals surface area (Å²) in [5.41, 5.74) is 0.634. The van der Waals surface area contributed by atoms with Gasteiger partial charge in [-0.1, -0.05) is 0 Å². The Morgan fingerprint density at radius 1 is 1.15 bits per heavy atom. The Morgan fingerprint density at radius 3 is 2.35 bits per heavy atom. The van der Waals surface area contributed by atoms with Crippen LogP contribution in [-0.4, -0.2) is 31.1 Å². The minimum Gasteiger partial charge on any atom is -0.491 e. The van der Waals surface area contributed by atoms with E-state index in [1.807, 2.05) is 20.8 Å². The highest BCUT2D eigenvalue weighted by molar-refractivity contribution is 5.92. The van der Waals surface area contributed by atoms with Gasteiger partial charge >= 0.3 is 6.03 Å². The van der Waals surface area contributed by atoms with Gasteiger partial charge in [0.15, 0.2) is 0 Å². The number of rotatable bonds is 6. The molecule has 0 spiro atoms. The molecule has 110 valence electrons. The van der Waals surface area contributed by atoms with E-state index < -0.39 is 6.03 Å². The molecule has 1 aromatic carbocycles. The summed E-state index contributed by atoms with van der Waals surface area (Å²) in [5, 5.41) is 7.70. The van der Waals surface area contributed by atoms with E-state index in [4.69, 9.17) is 4.74 Å². The standard InChI is InChI=1S/C14H21N3O3/c1-4-15-13(18)9-16-14(19)17-11-5-7-12(8-6-11)20-10(2)3/h5-8,10H,4,9H2,1-3H3,(H,15,18)(H2,16,17,19). The van der Waals surface area contributed by atoms with Gasteiger partial charge in [0.2, 0.25) is 5.91 Å². The van der Waals surface area contributed by atoms with Crippen LogP contribution in [0.3, 0.4) is 0 Å². The van der Waals surface area contributed by atoms with Gasteiger partial charge in [-0.25, -0.2) is 4.79 Å². The molecule has 0 aliphatic rings. The lowest BCUT2D eigenvalue weighted by Gasteiger charge is -2.11. The van der Waals surface area contributed by atoms with Gasteiger partial charge in [0.05, 0.1) is 12.6 Å². The average molecular weight is 279 g/mol. The zero-order valence-electron chi connectivity index (χ0n) is 12.0. The van der Waals surface area contributed by atoms with Gasteiger partial charge in [0.25, 0.3) is 0 Å². The van der Waals surface area contributed by atoms with Crippen LogP contribution < -0.4 is 20.7 Å². The van der Waals surface area contributed by atoms with Crippen LogP contribution >= 0.6 is 0 Å². The second-order valence-corrected chi connectivity index (χ2v) is 4.45. The first kappa shape index (κ1) is 15.8. The fraction of sp³-hybridized carbons (Fsp3) is 0.429. The summed E-state index contributed by atoms with van der Waals surface area (Å²) in [6.07, 6.45) is 0.106. The summed E-state index contributed by atoms with van der Waals surface area (Å²) in [6.45, 7) is 6.20. The number of likely N-dealkylation sites (N-methyl/N-ethyl adjacent to an activating group) is 1. The summed E-state index contributed by atoms with van der Waals surface area (Å²) >= 11 is 0. The highest BCUT2D eigenvalue weighted by Crippen LogP contribution is 2.16. The van der Waals surface area contributed by atoms with Crippen molar-refractivity contribution in [2.24, 2.45) is 0 Å². The summed E-state index contributed by atoms with van der Waals surface area (Å²) in [4.78, 5) is 22.7. The molecule has 1 aromatic rings. The number of carbonyl (C=O) groups excluding carboxylic acids is 2. The summed E-state index contributed by atoms with van der Waals surface area (Å²) < 4.78 is 5.50. The predicted molar refractivity (Wildman–Crippen MR) is 77.9 cm³/mol. The van der Waals surface area contributed by atoms with E-state index in [1.165, 1.54) is 0 Å². The quantitative estimate of drug-likeness (QED) is 0.742. The van der Waals surface area contributed by atoms with Gasteiger partial charge < -0.3 is 20.7 Å². The van der Waals surface area contributed by atoms with Crippen molar-refractivity contribution >= 4 is 17.6 Å². The Kier molecular flexibility index (Phi) is 6.36. The largest absolute Gasteiger partial charge is 0.491 e. The fourth-order valence-corrected chi connectivity index (χ4v) is 1.48. The lowest BCUT2D eigenvalue weighted by Crippen LogP contribution is -2.38. The van der Waals surface area contributed by atoms with Crippen molar-refractivity contribution in [2.75, 3.05) is 18.4 Å². The van der Waals surface area contributed by atoms with Crippen LogP contribution in [0.15, 0.2) is 24.3 Å². The Balaban J connectivity index is 2.40. The molecule has 0 heterocycles. The molecule has 3 amide bonds. The Morgan fingerprint density at radius 2 is 1.80 bits per heavy atom. The van der Waals surface area contributed by atoms with Crippen molar-refractivity contribution < 1.29 is 14.3 Å². The molecule has 0 saturated carbocycles. The van der Waals surface area contributed by atoms with Gasteiger partial charge in [0.1, 0.15) is 5.75 Å². The number of nitrogens with one attached hydrogen (secondary N) is 3. The van der Waals surface area contributed by atoms with E-state index in [0.717, 1.165) is 5.75 Å². The monoisotopic (exact) mass is 279 g/mol. The van der Waals surface area contributed by atoms with Crippen LogP contribution in [-0.2, 0) is 4.79 Å². The van der Waals surface area contributed by atoms with E-state index >= 15 is 0 Å². The number of carbonyl (C=O) groups is 2. The maximum Gasteiger partial charge on any atom is 0.319 e. The molecule has 0 radical (unpaired) electrons. The second kappa shape index (κ2) is 8.04. The molecule has 6 heteroatoms. The number of ether oxygens (including phenoxy) is 1. The first-order valence-electron chi connectivity index (χ1n) is 6.59. The Hall–Kier alpha value is -2.24. The third kappa shape index (κ3) is 6.08. The zero-order valence-corrected chi connectivity index (χ0v) is 12.0. The predicted octanol–water partition coefficient (Wildman–Crippen LogP) is 1.73. The number of urea groups is 1. The van der Waals surface area contributed by atoms with Gasteiger partial charge in [-0.2, -0.15) is 0 Å². The van der Waals surface area contributed by atoms with Crippen LogP contribution in [0, 0.1) is 0 Å². The van der Waals surface area contributed by atoms with Gasteiger partial charge in [-0.3, -0.25) is 4.79 Å². The first-order valence-corrected chi connectivity index (χ1v) is 6.59.